The first kappa shape index (κ1) is 14.2. The number of carbonyl (C=O) groups is 2. The molecule has 1 aromatic heterocycles. The van der Waals surface area contributed by atoms with Crippen molar-refractivity contribution in [2.24, 2.45) is 0 Å². The number of amides is 1. The number of ketones is 1. The van der Waals surface area contributed by atoms with E-state index >= 15 is 0 Å². The van der Waals surface area contributed by atoms with Gasteiger partial charge in [0.25, 0.3) is 11.7 Å². The maximum atomic E-state index is 12.3. The number of benzene rings is 2. The van der Waals surface area contributed by atoms with Crippen LogP contribution in [0.5, 0.6) is 5.88 Å². The van der Waals surface area contributed by atoms with Gasteiger partial charge in [0.2, 0.25) is 5.88 Å². The molecular formula is C16H11ClN2O3. The lowest BCUT2D eigenvalue weighted by Gasteiger charge is -2.04. The Hall–Kier alpha value is -2.79. The number of para-hydroxylation sites is 1. The van der Waals surface area contributed by atoms with Crippen LogP contribution >= 0.6 is 11.6 Å². The molecule has 0 atom stereocenters. The highest BCUT2D eigenvalue weighted by Crippen LogP contribution is 2.27. The smallest absolute Gasteiger partial charge is 0.297 e. The van der Waals surface area contributed by atoms with Gasteiger partial charge in [-0.05, 0) is 30.3 Å². The number of H-pyrrole nitrogens is 1. The first-order valence-electron chi connectivity index (χ1n) is 6.47. The second-order valence-electron chi connectivity index (χ2n) is 4.68. The maximum Gasteiger partial charge on any atom is 0.297 e. The van der Waals surface area contributed by atoms with Crippen molar-refractivity contribution >= 4 is 39.9 Å². The van der Waals surface area contributed by atoms with E-state index in [9.17, 15) is 14.7 Å². The molecule has 0 spiro atoms. The number of aromatic hydroxyl groups is 1. The molecule has 5 nitrogen and oxygen atoms in total. The van der Waals surface area contributed by atoms with Crippen molar-refractivity contribution in [1.82, 2.24) is 4.98 Å². The van der Waals surface area contributed by atoms with Crippen LogP contribution in [-0.2, 0) is 4.79 Å². The molecule has 2 aromatic carbocycles. The molecule has 0 radical (unpaired) electrons. The monoisotopic (exact) mass is 314 g/mol. The van der Waals surface area contributed by atoms with E-state index < -0.39 is 11.7 Å². The zero-order valence-corrected chi connectivity index (χ0v) is 12.0. The van der Waals surface area contributed by atoms with E-state index in [1.165, 1.54) is 0 Å². The first-order valence-corrected chi connectivity index (χ1v) is 6.85. The maximum absolute atomic E-state index is 12.3. The minimum absolute atomic E-state index is 0.0398. The summed E-state index contributed by atoms with van der Waals surface area (Å²) >= 11 is 5.76. The Bertz CT molecular complexity index is 869. The molecule has 0 saturated carbocycles. The van der Waals surface area contributed by atoms with Gasteiger partial charge in [-0.25, -0.2) is 0 Å². The molecule has 3 N–H and O–H groups in total. The summed E-state index contributed by atoms with van der Waals surface area (Å²) < 4.78 is 0. The average Bonchev–Trinajstić information content (AvgIpc) is 2.84. The third-order valence-corrected chi connectivity index (χ3v) is 3.47. The van der Waals surface area contributed by atoms with Crippen molar-refractivity contribution in [1.29, 1.82) is 0 Å². The molecule has 0 aliphatic heterocycles. The molecule has 0 aliphatic rings. The number of carbonyl (C=O) groups excluding carboxylic acids is 2. The Morgan fingerprint density at radius 3 is 2.45 bits per heavy atom. The van der Waals surface area contributed by atoms with Crippen LogP contribution in [0.2, 0.25) is 5.02 Å². The van der Waals surface area contributed by atoms with Crippen molar-refractivity contribution in [3.05, 3.63) is 59.1 Å². The molecule has 0 aliphatic carbocycles. The second-order valence-corrected chi connectivity index (χ2v) is 5.12. The van der Waals surface area contributed by atoms with Crippen LogP contribution in [0.4, 0.5) is 5.69 Å². The number of aromatic nitrogens is 1. The molecule has 22 heavy (non-hydrogen) atoms. The summed E-state index contributed by atoms with van der Waals surface area (Å²) in [6, 6.07) is 13.2. The number of halogens is 1. The molecule has 1 amide bonds. The van der Waals surface area contributed by atoms with Gasteiger partial charge in [-0.2, -0.15) is 0 Å². The lowest BCUT2D eigenvalue weighted by Crippen LogP contribution is -2.22. The number of hydrogen-bond acceptors (Lipinski definition) is 3. The average molecular weight is 315 g/mol. The van der Waals surface area contributed by atoms with E-state index in [-0.39, 0.29) is 11.4 Å². The highest BCUT2D eigenvalue weighted by atomic mass is 35.5. The van der Waals surface area contributed by atoms with Crippen LogP contribution in [0.3, 0.4) is 0 Å². The van der Waals surface area contributed by atoms with E-state index in [4.69, 9.17) is 11.6 Å². The van der Waals surface area contributed by atoms with Gasteiger partial charge in [0.1, 0.15) is 0 Å². The highest BCUT2D eigenvalue weighted by molar-refractivity contribution is 6.49. The number of nitrogens with one attached hydrogen (secondary N) is 2. The van der Waals surface area contributed by atoms with E-state index in [0.717, 1.165) is 0 Å². The van der Waals surface area contributed by atoms with Crippen LogP contribution < -0.4 is 5.32 Å². The number of fused-ring (bicyclic) bond motifs is 1. The van der Waals surface area contributed by atoms with E-state index in [1.54, 1.807) is 48.5 Å². The van der Waals surface area contributed by atoms with Gasteiger partial charge in [-0.3, -0.25) is 9.59 Å². The van der Waals surface area contributed by atoms with Gasteiger partial charge < -0.3 is 15.4 Å². The minimum Gasteiger partial charge on any atom is -0.494 e. The Morgan fingerprint density at radius 1 is 1.05 bits per heavy atom. The van der Waals surface area contributed by atoms with Gasteiger partial charge >= 0.3 is 0 Å². The SMILES string of the molecule is O=C(Nc1ccc(Cl)cc1)C(=O)c1c(O)[nH]c2ccccc12. The molecule has 1 heterocycles. The third-order valence-electron chi connectivity index (χ3n) is 3.22. The predicted octanol–water partition coefficient (Wildman–Crippen LogP) is 3.35. The summed E-state index contributed by atoms with van der Waals surface area (Å²) in [7, 11) is 0. The summed E-state index contributed by atoms with van der Waals surface area (Å²) in [5.74, 6) is -1.97. The Morgan fingerprint density at radius 2 is 1.73 bits per heavy atom. The molecule has 0 bridgehead atoms. The molecule has 110 valence electrons. The fourth-order valence-electron chi connectivity index (χ4n) is 2.19. The van der Waals surface area contributed by atoms with E-state index in [1.807, 2.05) is 0 Å². The number of anilines is 1. The molecule has 0 fully saturated rings. The number of hydrogen-bond donors (Lipinski definition) is 3. The number of Topliss-reactive ketones (excluding diaryl/α,β-unsaturated/α-hetero) is 1. The van der Waals surface area contributed by atoms with Gasteiger partial charge in [-0.1, -0.05) is 29.8 Å². The van der Waals surface area contributed by atoms with Crippen LogP contribution in [0, 0.1) is 0 Å². The molecular weight excluding hydrogens is 304 g/mol. The lowest BCUT2D eigenvalue weighted by molar-refractivity contribution is -0.112. The lowest BCUT2D eigenvalue weighted by atomic mass is 10.1. The first-order chi connectivity index (χ1) is 10.6. The Kier molecular flexibility index (Phi) is 3.56. The molecule has 3 aromatic rings. The van der Waals surface area contributed by atoms with Gasteiger partial charge in [-0.15, -0.1) is 0 Å². The molecule has 6 heteroatoms. The van der Waals surface area contributed by atoms with Crippen LogP contribution in [0.15, 0.2) is 48.5 Å². The van der Waals surface area contributed by atoms with Gasteiger partial charge in [0.05, 0.1) is 5.56 Å². The van der Waals surface area contributed by atoms with Crippen molar-refractivity contribution < 1.29 is 14.7 Å². The topological polar surface area (TPSA) is 82.2 Å². The van der Waals surface area contributed by atoms with Crippen molar-refractivity contribution in [3.63, 3.8) is 0 Å². The Balaban J connectivity index is 1.90. The third kappa shape index (κ3) is 2.54. The number of aromatic amines is 1. The van der Waals surface area contributed by atoms with Crippen molar-refractivity contribution in [2.75, 3.05) is 5.32 Å². The Labute approximate surface area is 130 Å². The zero-order chi connectivity index (χ0) is 15.7. The largest absolute Gasteiger partial charge is 0.494 e. The molecule has 0 saturated heterocycles. The fourth-order valence-corrected chi connectivity index (χ4v) is 2.32. The van der Waals surface area contributed by atoms with Crippen LogP contribution in [0.25, 0.3) is 10.9 Å². The summed E-state index contributed by atoms with van der Waals surface area (Å²) in [5, 5.41) is 13.4. The normalized spacial score (nSPS) is 10.6. The summed E-state index contributed by atoms with van der Waals surface area (Å²) in [4.78, 5) is 27.0. The minimum atomic E-state index is -0.831. The summed E-state index contributed by atoms with van der Waals surface area (Å²) in [6.07, 6.45) is 0. The molecule has 3 rings (SSSR count). The van der Waals surface area contributed by atoms with E-state index in [0.29, 0.717) is 21.6 Å². The second kappa shape index (κ2) is 5.54. The predicted molar refractivity (Wildman–Crippen MR) is 84.4 cm³/mol. The summed E-state index contributed by atoms with van der Waals surface area (Å²) in [6.45, 7) is 0. The molecule has 0 unspecified atom stereocenters. The standard InChI is InChI=1S/C16H11ClN2O3/c17-9-5-7-10(8-6-9)18-16(22)14(20)13-11-3-1-2-4-12(11)19-15(13)21/h1-8,19,21H,(H,18,22). The van der Waals surface area contributed by atoms with Crippen LogP contribution in [0.1, 0.15) is 10.4 Å². The quantitative estimate of drug-likeness (QED) is 0.512. The zero-order valence-electron chi connectivity index (χ0n) is 11.3. The van der Waals surface area contributed by atoms with Crippen molar-refractivity contribution in [3.8, 4) is 5.88 Å². The van der Waals surface area contributed by atoms with Crippen molar-refractivity contribution in [2.45, 2.75) is 0 Å². The summed E-state index contributed by atoms with van der Waals surface area (Å²) in [5.41, 5.74) is 0.992. The highest BCUT2D eigenvalue weighted by Gasteiger charge is 2.24. The van der Waals surface area contributed by atoms with E-state index in [2.05, 4.69) is 10.3 Å². The van der Waals surface area contributed by atoms with Gasteiger partial charge in [0, 0.05) is 21.6 Å². The number of rotatable bonds is 3. The fraction of sp³-hybridized carbons (Fsp3) is 0. The van der Waals surface area contributed by atoms with Crippen LogP contribution in [-0.4, -0.2) is 21.8 Å². The van der Waals surface area contributed by atoms with Gasteiger partial charge in [0.15, 0.2) is 0 Å².